The van der Waals surface area contributed by atoms with Gasteiger partial charge in [0, 0.05) is 94.3 Å². The number of benzene rings is 5. The fourth-order valence-electron chi connectivity index (χ4n) is 12.6. The van der Waals surface area contributed by atoms with Crippen LogP contribution in [0.1, 0.15) is 122 Å². The number of primary amides is 1. The van der Waals surface area contributed by atoms with Gasteiger partial charge in [-0.15, -0.1) is 0 Å². The number of anilines is 2. The summed E-state index contributed by atoms with van der Waals surface area (Å²) in [5, 5.41) is 46.5. The van der Waals surface area contributed by atoms with Gasteiger partial charge in [-0.25, -0.2) is 0 Å². The molecule has 0 unspecified atom stereocenters. The van der Waals surface area contributed by atoms with Gasteiger partial charge in [-0.2, -0.15) is 0 Å². The first-order chi connectivity index (χ1) is 52.4. The maximum Gasteiger partial charge on any atom is 0.245 e. The quantitative estimate of drug-likeness (QED) is 0.0245. The van der Waals surface area contributed by atoms with Crippen LogP contribution in [-0.4, -0.2) is 178 Å². The summed E-state index contributed by atoms with van der Waals surface area (Å²) in [6.45, 7) is 12.6. The number of likely N-dealkylation sites (tertiary alicyclic amines) is 1. The topological polar surface area (TPSA) is 429 Å². The molecule has 30 heteroatoms. The van der Waals surface area contributed by atoms with Gasteiger partial charge >= 0.3 is 0 Å². The summed E-state index contributed by atoms with van der Waals surface area (Å²) in [4.78, 5) is 187. The molecule has 13 amide bonds. The highest BCUT2D eigenvalue weighted by atomic mass is 35.5. The van der Waals surface area contributed by atoms with Crippen LogP contribution in [0, 0.1) is 5.92 Å². The number of pyridine rings is 1. The maximum atomic E-state index is 15.3. The fourth-order valence-corrected chi connectivity index (χ4v) is 12.8. The summed E-state index contributed by atoms with van der Waals surface area (Å²) in [5.41, 5.74) is 8.80. The third-order valence-electron chi connectivity index (χ3n) is 18.3. The van der Waals surface area contributed by atoms with Crippen LogP contribution in [0.2, 0.25) is 5.02 Å². The van der Waals surface area contributed by atoms with Crippen molar-refractivity contribution in [2.75, 3.05) is 30.3 Å². The Labute approximate surface area is 645 Å². The van der Waals surface area contributed by atoms with Crippen LogP contribution in [-0.2, 0) is 94.4 Å². The summed E-state index contributed by atoms with van der Waals surface area (Å²) in [5.74, 6) is -9.78. The number of hydrogen-bond acceptors (Lipinski definition) is 16. The van der Waals surface area contributed by atoms with Gasteiger partial charge in [0.05, 0.1) is 6.61 Å². The molecule has 1 aliphatic rings. The molecule has 588 valence electrons. The molecule has 1 aliphatic heterocycles. The summed E-state index contributed by atoms with van der Waals surface area (Å²) in [7, 11) is 0. The Bertz CT molecular complexity index is 4190. The maximum absolute atomic E-state index is 15.3. The monoisotopic (exact) mass is 1530 g/mol. The Balaban J connectivity index is 1.18. The van der Waals surface area contributed by atoms with Crippen molar-refractivity contribution in [1.82, 2.24) is 63.1 Å². The van der Waals surface area contributed by atoms with Crippen LogP contribution in [0.25, 0.3) is 10.8 Å². The summed E-state index contributed by atoms with van der Waals surface area (Å²) >= 11 is 6.26. The van der Waals surface area contributed by atoms with Crippen LogP contribution in [0.3, 0.4) is 0 Å². The molecule has 0 saturated carbocycles. The SMILES string of the molecule is CC(=O)Nc1ccc(C[C@H](NC(=O)[C@H](CO)NC(=O)[C@@H](Cc2cccnc2)NC(=O)[C@@H](Cc2ccc(Cl)cc2)NC(=O)[C@H](Cc2ccc3ccccc3c2)NC(C)=O)C(=O)N[C@H](Cc2ccc(NC(C)=O)cc2)C(=O)N[C@@H](CC(C)C)C(=O)N[C@@H](CCCCNC(C)C)C(=O)N2CCC[C@@H]2C(=O)N[C@H](C)C(N)=O)cc1. The van der Waals surface area contributed by atoms with E-state index >= 15 is 9.59 Å². The van der Waals surface area contributed by atoms with Crippen molar-refractivity contribution in [3.8, 4) is 0 Å². The van der Waals surface area contributed by atoms with Crippen molar-refractivity contribution in [3.63, 3.8) is 0 Å². The van der Waals surface area contributed by atoms with E-state index in [1.54, 1.807) is 84.9 Å². The summed E-state index contributed by atoms with van der Waals surface area (Å²) < 4.78 is 0. The Hall–Kier alpha value is -11.2. The minimum absolute atomic E-state index is 0.0189. The van der Waals surface area contributed by atoms with Crippen molar-refractivity contribution in [2.24, 2.45) is 11.7 Å². The second kappa shape index (κ2) is 42.5. The molecule has 6 aromatic rings. The largest absolute Gasteiger partial charge is 0.394 e. The van der Waals surface area contributed by atoms with E-state index in [9.17, 15) is 57.8 Å². The number of nitrogens with one attached hydrogen (secondary N) is 12. The van der Waals surface area contributed by atoms with E-state index in [0.717, 1.165) is 10.8 Å². The van der Waals surface area contributed by atoms with Crippen LogP contribution in [0.4, 0.5) is 11.4 Å². The molecule has 15 N–H and O–H groups in total. The lowest BCUT2D eigenvalue weighted by atomic mass is 9.99. The van der Waals surface area contributed by atoms with Crippen LogP contribution in [0.15, 0.2) is 140 Å². The zero-order chi connectivity index (χ0) is 80.1. The van der Waals surface area contributed by atoms with Crippen molar-refractivity contribution in [2.45, 2.75) is 192 Å². The van der Waals surface area contributed by atoms with Crippen molar-refractivity contribution in [3.05, 3.63) is 173 Å². The highest BCUT2D eigenvalue weighted by Crippen LogP contribution is 2.23. The van der Waals surface area contributed by atoms with E-state index in [1.807, 2.05) is 70.2 Å². The van der Waals surface area contributed by atoms with Crippen molar-refractivity contribution >= 4 is 111 Å². The molecule has 0 spiro atoms. The molecule has 0 radical (unpaired) electrons. The third kappa shape index (κ3) is 27.8. The van der Waals surface area contributed by atoms with E-state index in [4.69, 9.17) is 17.3 Å². The van der Waals surface area contributed by atoms with Crippen molar-refractivity contribution in [1.29, 1.82) is 0 Å². The van der Waals surface area contributed by atoms with Gasteiger partial charge < -0.3 is 79.5 Å². The molecule has 110 heavy (non-hydrogen) atoms. The number of nitrogens with zero attached hydrogens (tertiary/aromatic N) is 2. The predicted molar refractivity (Wildman–Crippen MR) is 416 cm³/mol. The van der Waals surface area contributed by atoms with Gasteiger partial charge in [0.2, 0.25) is 76.8 Å². The molecule has 7 rings (SSSR count). The zero-order valence-corrected chi connectivity index (χ0v) is 64.0. The van der Waals surface area contributed by atoms with E-state index in [1.165, 1.54) is 45.0 Å². The number of aliphatic hydroxyl groups excluding tert-OH is 1. The molecular formula is C80H102ClN15O14. The number of rotatable bonds is 40. The van der Waals surface area contributed by atoms with E-state index in [2.05, 4.69) is 68.8 Å². The number of hydrogen-bond donors (Lipinski definition) is 14. The van der Waals surface area contributed by atoms with Gasteiger partial charge in [0.1, 0.15) is 60.4 Å². The van der Waals surface area contributed by atoms with Crippen LogP contribution >= 0.6 is 11.6 Å². The molecule has 1 saturated heterocycles. The van der Waals surface area contributed by atoms with Crippen LogP contribution < -0.4 is 69.5 Å². The number of fused-ring (bicyclic) bond motifs is 1. The summed E-state index contributed by atoms with van der Waals surface area (Å²) in [6, 6.07) is 21.9. The highest BCUT2D eigenvalue weighted by Gasteiger charge is 2.40. The number of unbranched alkanes of at least 4 members (excludes halogenated alkanes) is 1. The number of amides is 13. The summed E-state index contributed by atoms with van der Waals surface area (Å²) in [6.07, 6.45) is 3.93. The van der Waals surface area contributed by atoms with Crippen LogP contribution in [0.5, 0.6) is 0 Å². The Morgan fingerprint density at radius 2 is 0.936 bits per heavy atom. The molecular weight excluding hydrogens is 1430 g/mol. The number of aliphatic hydroxyl groups is 1. The number of carbonyl (C=O) groups excluding carboxylic acids is 13. The second-order valence-electron chi connectivity index (χ2n) is 28.4. The molecule has 0 aliphatic carbocycles. The lowest BCUT2D eigenvalue weighted by Gasteiger charge is -2.31. The Morgan fingerprint density at radius 3 is 1.41 bits per heavy atom. The van der Waals surface area contributed by atoms with E-state index in [0.29, 0.717) is 70.0 Å². The molecule has 10 atom stereocenters. The molecule has 29 nitrogen and oxygen atoms in total. The number of carbonyl (C=O) groups is 13. The highest BCUT2D eigenvalue weighted by molar-refractivity contribution is 6.30. The molecule has 1 aromatic heterocycles. The first-order valence-corrected chi connectivity index (χ1v) is 37.3. The fraction of sp³-hybridized carbons (Fsp3) is 0.425. The van der Waals surface area contributed by atoms with Gasteiger partial charge in [0.15, 0.2) is 0 Å². The third-order valence-corrected chi connectivity index (χ3v) is 18.5. The standard InChI is InChI=1S/C80H102ClN15O14/c1-46(2)37-63(72(102)89-62(18-11-12-35-84-47(3)4)80(110)96-36-14-19-70(96)79(109)85-48(5)71(82)101)90-74(104)66(40-53-23-30-60(31-24-53)86-49(6)98)92-76(106)67(41-54-25-32-61(33-26-54)87-50(7)99)94-78(108)69(45-97)95-77(107)68(43-56-15-13-34-83-44-56)93-75(105)65(39-52-21-28-59(81)29-22-52)91-73(103)64(88-51(8)100)42-55-20-27-57-16-9-10-17-58(57)38-55/h9-10,13,15-17,20-34,38,44,46-48,62-70,84,97H,11-12,14,18-19,35-37,39-43,45H2,1-8H3,(H2,82,101)(H,85,109)(H,86,98)(H,87,99)(H,88,100)(H,89,102)(H,90,104)(H,91,103)(H,92,106)(H,93,105)(H,94,108)(H,95,107)/t48-,62+,63+,64+,65-,66-,67+,68-,69+,70-/m1/s1. The predicted octanol–water partition coefficient (Wildman–Crippen LogP) is 3.40. The average molecular weight is 1530 g/mol. The smallest absolute Gasteiger partial charge is 0.245 e. The average Bonchev–Trinajstić information content (AvgIpc) is 1.77. The van der Waals surface area contributed by atoms with Gasteiger partial charge in [0.25, 0.3) is 0 Å². The first kappa shape index (κ1) is 86.1. The second-order valence-corrected chi connectivity index (χ2v) is 28.8. The Morgan fingerprint density at radius 1 is 0.491 bits per heavy atom. The molecule has 2 heterocycles. The van der Waals surface area contributed by atoms with Crippen molar-refractivity contribution < 1.29 is 67.4 Å². The van der Waals surface area contributed by atoms with Gasteiger partial charge in [-0.1, -0.05) is 124 Å². The Kier molecular flexibility index (Phi) is 33.3. The zero-order valence-electron chi connectivity index (χ0n) is 63.2. The number of halogens is 1. The van der Waals surface area contributed by atoms with E-state index < -0.39 is 132 Å². The normalized spacial score (nSPS) is 15.0. The van der Waals surface area contributed by atoms with Gasteiger partial charge in [-0.05, 0) is 139 Å². The first-order valence-electron chi connectivity index (χ1n) is 36.9. The number of aromatic nitrogens is 1. The van der Waals surface area contributed by atoms with Gasteiger partial charge in [-0.3, -0.25) is 67.3 Å². The van der Waals surface area contributed by atoms with E-state index in [-0.39, 0.29) is 81.7 Å². The number of nitrogens with two attached hydrogens (primary N) is 1. The molecule has 0 bridgehead atoms. The lowest BCUT2D eigenvalue weighted by molar-refractivity contribution is -0.142. The minimum Gasteiger partial charge on any atom is -0.394 e. The minimum atomic E-state index is -1.85. The molecule has 5 aromatic carbocycles. The molecule has 1 fully saturated rings. The lowest BCUT2D eigenvalue weighted by Crippen LogP contribution is -2.62.